The van der Waals surface area contributed by atoms with Gasteiger partial charge in [0.25, 0.3) is 0 Å². The first-order valence-electron chi connectivity index (χ1n) is 9.41. The Bertz CT molecular complexity index is 1020. The molecule has 0 radical (unpaired) electrons. The Hall–Kier alpha value is -3.28. The van der Waals surface area contributed by atoms with E-state index in [1.807, 2.05) is 30.3 Å². The summed E-state index contributed by atoms with van der Waals surface area (Å²) < 4.78 is 17.9. The van der Waals surface area contributed by atoms with Gasteiger partial charge in [-0.1, -0.05) is 37.6 Å². The molecule has 6 heteroatoms. The molecular formula is C23H26N2O4. The Morgan fingerprint density at radius 3 is 2.21 bits per heavy atom. The lowest BCUT2D eigenvalue weighted by Gasteiger charge is -2.18. The van der Waals surface area contributed by atoms with Gasteiger partial charge in [0.1, 0.15) is 11.5 Å². The Labute approximate surface area is 171 Å². The van der Waals surface area contributed by atoms with Gasteiger partial charge in [-0.25, -0.2) is 9.48 Å². The van der Waals surface area contributed by atoms with Crippen LogP contribution in [0.5, 0.6) is 11.5 Å². The first kappa shape index (κ1) is 20.5. The van der Waals surface area contributed by atoms with Crippen molar-refractivity contribution in [1.29, 1.82) is 0 Å². The van der Waals surface area contributed by atoms with Crippen LogP contribution in [0.25, 0.3) is 16.9 Å². The van der Waals surface area contributed by atoms with E-state index < -0.39 is 5.97 Å². The molecule has 0 atom stereocenters. The lowest BCUT2D eigenvalue weighted by Crippen LogP contribution is -2.08. The van der Waals surface area contributed by atoms with Gasteiger partial charge in [-0.2, -0.15) is 5.10 Å². The van der Waals surface area contributed by atoms with E-state index in [0.717, 1.165) is 22.4 Å². The second-order valence-corrected chi connectivity index (χ2v) is 7.07. The van der Waals surface area contributed by atoms with E-state index in [1.54, 1.807) is 25.0 Å². The standard InChI is InChI=1S/C23H26N2O4/c1-14(2)16-12-15(3)10-11-18(16)25-19(13-17(24-25)23(26)29-6)22-20(27-4)8-7-9-21(22)28-5/h7-14H,1-6H3. The second kappa shape index (κ2) is 8.39. The first-order chi connectivity index (χ1) is 13.9. The fourth-order valence-corrected chi connectivity index (χ4v) is 3.38. The maximum atomic E-state index is 12.3. The second-order valence-electron chi connectivity index (χ2n) is 7.07. The Morgan fingerprint density at radius 2 is 1.66 bits per heavy atom. The van der Waals surface area contributed by atoms with Crippen LogP contribution in [0, 0.1) is 6.92 Å². The summed E-state index contributed by atoms with van der Waals surface area (Å²) in [6, 6.07) is 13.5. The molecule has 0 N–H and O–H groups in total. The third-order valence-corrected chi connectivity index (χ3v) is 4.82. The molecule has 1 aromatic heterocycles. The van der Waals surface area contributed by atoms with Gasteiger partial charge in [0.15, 0.2) is 5.69 Å². The zero-order chi connectivity index (χ0) is 21.1. The number of hydrogen-bond acceptors (Lipinski definition) is 5. The molecule has 0 aliphatic rings. The molecule has 0 bridgehead atoms. The van der Waals surface area contributed by atoms with E-state index in [1.165, 1.54) is 7.11 Å². The van der Waals surface area contributed by atoms with E-state index in [4.69, 9.17) is 14.2 Å². The number of carbonyl (C=O) groups excluding carboxylic acids is 1. The molecular weight excluding hydrogens is 368 g/mol. The summed E-state index contributed by atoms with van der Waals surface area (Å²) in [5, 5.41) is 4.58. The van der Waals surface area contributed by atoms with Crippen LogP contribution in [-0.2, 0) is 4.74 Å². The average molecular weight is 394 g/mol. The van der Waals surface area contributed by atoms with Gasteiger partial charge in [0, 0.05) is 0 Å². The zero-order valence-corrected chi connectivity index (χ0v) is 17.6. The number of esters is 1. The molecule has 0 aliphatic carbocycles. The lowest BCUT2D eigenvalue weighted by molar-refractivity contribution is 0.0593. The van der Waals surface area contributed by atoms with Crippen LogP contribution in [0.4, 0.5) is 0 Å². The van der Waals surface area contributed by atoms with Gasteiger partial charge in [0.05, 0.1) is 38.3 Å². The predicted octanol–water partition coefficient (Wildman–Crippen LogP) is 4.77. The molecule has 0 saturated heterocycles. The molecule has 3 rings (SSSR count). The highest BCUT2D eigenvalue weighted by molar-refractivity contribution is 5.90. The summed E-state index contributed by atoms with van der Waals surface area (Å²) in [6.07, 6.45) is 0. The smallest absolute Gasteiger partial charge is 0.358 e. The molecule has 0 unspecified atom stereocenters. The van der Waals surface area contributed by atoms with Crippen molar-refractivity contribution >= 4 is 5.97 Å². The monoisotopic (exact) mass is 394 g/mol. The fraction of sp³-hybridized carbons (Fsp3) is 0.304. The first-order valence-corrected chi connectivity index (χ1v) is 9.41. The highest BCUT2D eigenvalue weighted by Crippen LogP contribution is 2.40. The molecule has 1 heterocycles. The molecule has 0 amide bonds. The normalized spacial score (nSPS) is 10.9. The summed E-state index contributed by atoms with van der Waals surface area (Å²) in [5.74, 6) is 1.01. The Kier molecular flexibility index (Phi) is 5.92. The highest BCUT2D eigenvalue weighted by atomic mass is 16.5. The van der Waals surface area contributed by atoms with Crippen molar-refractivity contribution in [3.8, 4) is 28.4 Å². The number of nitrogens with zero attached hydrogens (tertiary/aromatic N) is 2. The van der Waals surface area contributed by atoms with Gasteiger partial charge in [0.2, 0.25) is 0 Å². The maximum absolute atomic E-state index is 12.3. The minimum absolute atomic E-state index is 0.214. The summed E-state index contributed by atoms with van der Waals surface area (Å²) >= 11 is 0. The van der Waals surface area contributed by atoms with Gasteiger partial charge >= 0.3 is 5.97 Å². The number of rotatable bonds is 6. The predicted molar refractivity (Wildman–Crippen MR) is 112 cm³/mol. The van der Waals surface area contributed by atoms with Crippen LogP contribution in [0.2, 0.25) is 0 Å². The summed E-state index contributed by atoms with van der Waals surface area (Å²) in [5.41, 5.74) is 4.80. The number of hydrogen-bond donors (Lipinski definition) is 0. The number of aryl methyl sites for hydroxylation is 1. The van der Waals surface area contributed by atoms with Crippen molar-refractivity contribution in [2.45, 2.75) is 26.7 Å². The summed E-state index contributed by atoms with van der Waals surface area (Å²) in [7, 11) is 4.55. The lowest BCUT2D eigenvalue weighted by atomic mass is 9.98. The van der Waals surface area contributed by atoms with Gasteiger partial charge in [-0.3, -0.25) is 0 Å². The topological polar surface area (TPSA) is 62.6 Å². The molecule has 3 aromatic rings. The van der Waals surface area contributed by atoms with Crippen molar-refractivity contribution < 1.29 is 19.0 Å². The van der Waals surface area contributed by atoms with Crippen LogP contribution in [0.3, 0.4) is 0 Å². The SMILES string of the molecule is COC(=O)c1cc(-c2c(OC)cccc2OC)n(-c2ccc(C)cc2C(C)C)n1. The average Bonchev–Trinajstić information content (AvgIpc) is 3.17. The molecule has 2 aromatic carbocycles. The van der Waals surface area contributed by atoms with Crippen LogP contribution in [0.15, 0.2) is 42.5 Å². The van der Waals surface area contributed by atoms with Crippen LogP contribution in [0.1, 0.15) is 41.4 Å². The van der Waals surface area contributed by atoms with Crippen molar-refractivity contribution in [1.82, 2.24) is 9.78 Å². The number of benzene rings is 2. The quantitative estimate of drug-likeness (QED) is 0.563. The van der Waals surface area contributed by atoms with Gasteiger partial charge in [-0.05, 0) is 42.7 Å². The molecule has 29 heavy (non-hydrogen) atoms. The van der Waals surface area contributed by atoms with Crippen molar-refractivity contribution in [2.24, 2.45) is 0 Å². The van der Waals surface area contributed by atoms with Gasteiger partial charge in [-0.15, -0.1) is 0 Å². The van der Waals surface area contributed by atoms with Crippen molar-refractivity contribution in [3.05, 3.63) is 59.3 Å². The van der Waals surface area contributed by atoms with Crippen molar-refractivity contribution in [2.75, 3.05) is 21.3 Å². The molecule has 0 spiro atoms. The molecule has 0 aliphatic heterocycles. The van der Waals surface area contributed by atoms with Gasteiger partial charge < -0.3 is 14.2 Å². The minimum atomic E-state index is -0.503. The Balaban J connectivity index is 2.37. The molecule has 152 valence electrons. The minimum Gasteiger partial charge on any atom is -0.496 e. The summed E-state index contributed by atoms with van der Waals surface area (Å²) in [6.45, 7) is 6.32. The van der Waals surface area contributed by atoms with E-state index in [2.05, 4.69) is 31.9 Å². The Morgan fingerprint density at radius 1 is 1.00 bits per heavy atom. The zero-order valence-electron chi connectivity index (χ0n) is 17.6. The van der Waals surface area contributed by atoms with E-state index in [9.17, 15) is 4.79 Å². The van der Waals surface area contributed by atoms with Crippen LogP contribution in [-0.4, -0.2) is 37.1 Å². The van der Waals surface area contributed by atoms with E-state index in [0.29, 0.717) is 17.2 Å². The molecule has 0 fully saturated rings. The fourth-order valence-electron chi connectivity index (χ4n) is 3.38. The third kappa shape index (κ3) is 3.83. The largest absolute Gasteiger partial charge is 0.496 e. The molecule has 6 nitrogen and oxygen atoms in total. The molecule has 0 saturated carbocycles. The number of carbonyl (C=O) groups is 1. The number of methoxy groups -OCH3 is 3. The van der Waals surface area contributed by atoms with E-state index in [-0.39, 0.29) is 11.6 Å². The summed E-state index contributed by atoms with van der Waals surface area (Å²) in [4.78, 5) is 12.3. The van der Waals surface area contributed by atoms with E-state index >= 15 is 0 Å². The van der Waals surface area contributed by atoms with Crippen molar-refractivity contribution in [3.63, 3.8) is 0 Å². The highest BCUT2D eigenvalue weighted by Gasteiger charge is 2.24. The number of ether oxygens (including phenoxy) is 3. The van der Waals surface area contributed by atoms with Crippen LogP contribution >= 0.6 is 0 Å². The third-order valence-electron chi connectivity index (χ3n) is 4.82. The maximum Gasteiger partial charge on any atom is 0.358 e. The number of aromatic nitrogens is 2. The van der Waals surface area contributed by atoms with Crippen LogP contribution < -0.4 is 9.47 Å².